The van der Waals surface area contributed by atoms with Gasteiger partial charge < -0.3 is 9.47 Å². The van der Waals surface area contributed by atoms with Crippen LogP contribution >= 0.6 is 0 Å². The average molecular weight is 335 g/mol. The first-order valence-corrected chi connectivity index (χ1v) is 7.65. The Morgan fingerprint density at radius 2 is 1.80 bits per heavy atom. The normalized spacial score (nSPS) is 10.8. The van der Waals surface area contributed by atoms with Crippen molar-refractivity contribution in [2.45, 2.75) is 0 Å². The van der Waals surface area contributed by atoms with Gasteiger partial charge in [-0.1, -0.05) is 6.07 Å². The number of pyridine rings is 1. The number of H-pyrrole nitrogens is 1. The van der Waals surface area contributed by atoms with Gasteiger partial charge >= 0.3 is 0 Å². The molecule has 124 valence electrons. The molecule has 0 unspecified atom stereocenters. The maximum atomic E-state index is 14.2. The van der Waals surface area contributed by atoms with E-state index in [1.54, 1.807) is 42.7 Å². The first-order valence-electron chi connectivity index (χ1n) is 7.65. The molecule has 0 amide bonds. The van der Waals surface area contributed by atoms with Gasteiger partial charge in [0.1, 0.15) is 11.4 Å². The second-order valence-electron chi connectivity index (χ2n) is 5.39. The molecular formula is C19H14FN3O2. The Bertz CT molecular complexity index is 1030. The Kier molecular flexibility index (Phi) is 3.78. The number of nitrogens with one attached hydrogen (secondary N) is 1. The van der Waals surface area contributed by atoms with Crippen LogP contribution in [0.15, 0.2) is 60.9 Å². The Morgan fingerprint density at radius 1 is 1.00 bits per heavy atom. The number of aromatic nitrogens is 3. The zero-order chi connectivity index (χ0) is 17.2. The molecule has 6 heteroatoms. The summed E-state index contributed by atoms with van der Waals surface area (Å²) >= 11 is 0. The second kappa shape index (κ2) is 6.24. The minimum Gasteiger partial charge on any atom is -0.494 e. The third-order valence-corrected chi connectivity index (χ3v) is 3.87. The summed E-state index contributed by atoms with van der Waals surface area (Å²) in [7, 11) is 1.42. The van der Waals surface area contributed by atoms with Gasteiger partial charge in [-0.05, 0) is 42.5 Å². The third-order valence-electron chi connectivity index (χ3n) is 3.87. The number of benzene rings is 2. The number of halogens is 1. The van der Waals surface area contributed by atoms with Crippen LogP contribution in [0.2, 0.25) is 0 Å². The van der Waals surface area contributed by atoms with E-state index in [1.165, 1.54) is 7.11 Å². The van der Waals surface area contributed by atoms with Gasteiger partial charge in [0.2, 0.25) is 5.82 Å². The molecule has 0 aliphatic carbocycles. The second-order valence-corrected chi connectivity index (χ2v) is 5.39. The fraction of sp³-hybridized carbons (Fsp3) is 0.0526. The van der Waals surface area contributed by atoms with E-state index in [9.17, 15) is 4.39 Å². The lowest BCUT2D eigenvalue weighted by Gasteiger charge is -2.09. The monoisotopic (exact) mass is 335 g/mol. The number of rotatable bonds is 4. The van der Waals surface area contributed by atoms with E-state index in [0.717, 1.165) is 22.2 Å². The topological polar surface area (TPSA) is 60.0 Å². The highest BCUT2D eigenvalue weighted by atomic mass is 19.1. The summed E-state index contributed by atoms with van der Waals surface area (Å²) in [4.78, 5) is 4.13. The van der Waals surface area contributed by atoms with Crippen LogP contribution in [0.1, 0.15) is 0 Å². The van der Waals surface area contributed by atoms with Gasteiger partial charge in [0.05, 0.1) is 12.6 Å². The van der Waals surface area contributed by atoms with Crippen LogP contribution in [-0.2, 0) is 0 Å². The van der Waals surface area contributed by atoms with Gasteiger partial charge in [0.25, 0.3) is 0 Å². The molecule has 0 saturated heterocycles. The molecule has 1 N–H and O–H groups in total. The summed E-state index contributed by atoms with van der Waals surface area (Å²) in [6, 6.07) is 13.9. The molecule has 4 rings (SSSR count). The number of nitrogens with zero attached hydrogens (tertiary/aromatic N) is 2. The SMILES string of the molecule is COc1cccc(Oc2ccc(-c3n[nH]c4ccncc34)cc2)c1F. The lowest BCUT2D eigenvalue weighted by atomic mass is 10.1. The van der Waals surface area contributed by atoms with Crippen molar-refractivity contribution in [1.29, 1.82) is 0 Å². The van der Waals surface area contributed by atoms with Gasteiger partial charge in [0.15, 0.2) is 11.5 Å². The first-order chi connectivity index (χ1) is 12.3. The van der Waals surface area contributed by atoms with Crippen molar-refractivity contribution in [2.24, 2.45) is 0 Å². The van der Waals surface area contributed by atoms with E-state index < -0.39 is 5.82 Å². The van der Waals surface area contributed by atoms with E-state index in [-0.39, 0.29) is 11.5 Å². The van der Waals surface area contributed by atoms with Crippen LogP contribution in [0, 0.1) is 5.82 Å². The molecule has 0 aliphatic heterocycles. The van der Waals surface area contributed by atoms with E-state index in [2.05, 4.69) is 15.2 Å². The maximum absolute atomic E-state index is 14.2. The highest BCUT2D eigenvalue weighted by Gasteiger charge is 2.11. The molecule has 5 nitrogen and oxygen atoms in total. The first kappa shape index (κ1) is 15.1. The van der Waals surface area contributed by atoms with Gasteiger partial charge in [0, 0.05) is 23.3 Å². The van der Waals surface area contributed by atoms with E-state index >= 15 is 0 Å². The zero-order valence-corrected chi connectivity index (χ0v) is 13.4. The van der Waals surface area contributed by atoms with Gasteiger partial charge in [-0.2, -0.15) is 9.49 Å². The molecule has 4 aromatic rings. The predicted octanol–water partition coefficient (Wildman–Crippen LogP) is 4.56. The van der Waals surface area contributed by atoms with Crippen LogP contribution < -0.4 is 9.47 Å². The molecule has 0 bridgehead atoms. The van der Waals surface area contributed by atoms with Gasteiger partial charge in [-0.25, -0.2) is 0 Å². The molecule has 0 saturated carbocycles. The molecule has 0 aliphatic rings. The van der Waals surface area contributed by atoms with Gasteiger partial charge in [-0.3, -0.25) is 10.1 Å². The average Bonchev–Trinajstić information content (AvgIpc) is 3.08. The summed E-state index contributed by atoms with van der Waals surface area (Å²) < 4.78 is 24.7. The Hall–Kier alpha value is -3.41. The molecular weight excluding hydrogens is 321 g/mol. The molecule has 2 aromatic heterocycles. The van der Waals surface area contributed by atoms with Crippen molar-refractivity contribution < 1.29 is 13.9 Å². The number of hydrogen-bond acceptors (Lipinski definition) is 4. The third kappa shape index (κ3) is 2.78. The van der Waals surface area contributed by atoms with E-state index in [4.69, 9.17) is 9.47 Å². The Morgan fingerprint density at radius 3 is 2.60 bits per heavy atom. The zero-order valence-electron chi connectivity index (χ0n) is 13.4. The van der Waals surface area contributed by atoms with Gasteiger partial charge in [-0.15, -0.1) is 0 Å². The van der Waals surface area contributed by atoms with Crippen molar-refractivity contribution in [2.75, 3.05) is 7.11 Å². The van der Waals surface area contributed by atoms with Crippen LogP contribution in [-0.4, -0.2) is 22.3 Å². The van der Waals surface area contributed by atoms with Crippen molar-refractivity contribution in [3.05, 3.63) is 66.7 Å². The van der Waals surface area contributed by atoms with Crippen molar-refractivity contribution >= 4 is 10.9 Å². The minimum absolute atomic E-state index is 0.113. The number of methoxy groups -OCH3 is 1. The summed E-state index contributed by atoms with van der Waals surface area (Å²) in [5.74, 6) is 0.249. The quantitative estimate of drug-likeness (QED) is 0.594. The minimum atomic E-state index is -0.529. The molecule has 25 heavy (non-hydrogen) atoms. The molecule has 2 aromatic carbocycles. The smallest absolute Gasteiger partial charge is 0.207 e. The summed E-state index contributed by atoms with van der Waals surface area (Å²) in [6.45, 7) is 0. The van der Waals surface area contributed by atoms with Crippen LogP contribution in [0.4, 0.5) is 4.39 Å². The fourth-order valence-electron chi connectivity index (χ4n) is 2.61. The maximum Gasteiger partial charge on any atom is 0.207 e. The largest absolute Gasteiger partial charge is 0.494 e. The molecule has 0 atom stereocenters. The lowest BCUT2D eigenvalue weighted by Crippen LogP contribution is -1.92. The Balaban J connectivity index is 1.63. The standard InChI is InChI=1S/C19H14FN3O2/c1-24-16-3-2-4-17(18(16)20)25-13-7-5-12(6-8-13)19-14-11-21-10-9-15(14)22-23-19/h2-11H,1H3,(H,22,23). The fourth-order valence-corrected chi connectivity index (χ4v) is 2.61. The number of aromatic amines is 1. The lowest BCUT2D eigenvalue weighted by molar-refractivity contribution is 0.368. The highest BCUT2D eigenvalue weighted by molar-refractivity contribution is 5.92. The number of hydrogen-bond donors (Lipinski definition) is 1. The van der Waals surface area contributed by atoms with Crippen molar-refractivity contribution in [1.82, 2.24) is 15.2 Å². The van der Waals surface area contributed by atoms with Crippen LogP contribution in [0.25, 0.3) is 22.2 Å². The number of fused-ring (bicyclic) bond motifs is 1. The van der Waals surface area contributed by atoms with Crippen molar-refractivity contribution in [3.63, 3.8) is 0 Å². The molecule has 2 heterocycles. The molecule has 0 fully saturated rings. The van der Waals surface area contributed by atoms with Crippen molar-refractivity contribution in [3.8, 4) is 28.5 Å². The highest BCUT2D eigenvalue weighted by Crippen LogP contribution is 2.32. The Labute approximate surface area is 143 Å². The predicted molar refractivity (Wildman–Crippen MR) is 92.4 cm³/mol. The molecule has 0 radical (unpaired) electrons. The number of ether oxygens (including phenoxy) is 2. The van der Waals surface area contributed by atoms with Crippen LogP contribution in [0.5, 0.6) is 17.2 Å². The summed E-state index contributed by atoms with van der Waals surface area (Å²) in [6.07, 6.45) is 3.48. The molecule has 0 spiro atoms. The van der Waals surface area contributed by atoms with Crippen LogP contribution in [0.3, 0.4) is 0 Å². The summed E-state index contributed by atoms with van der Waals surface area (Å²) in [5.41, 5.74) is 2.64. The van der Waals surface area contributed by atoms with E-state index in [1.807, 2.05) is 18.2 Å². The van der Waals surface area contributed by atoms with E-state index in [0.29, 0.717) is 5.75 Å². The summed E-state index contributed by atoms with van der Waals surface area (Å²) in [5, 5.41) is 8.25.